The molecule has 0 unspecified atom stereocenters. The van der Waals surface area contributed by atoms with Gasteiger partial charge in [0.1, 0.15) is 16.7 Å². The average molecular weight is 279 g/mol. The fourth-order valence-electron chi connectivity index (χ4n) is 2.23. The van der Waals surface area contributed by atoms with Crippen LogP contribution in [0.4, 0.5) is 0 Å². The van der Waals surface area contributed by atoms with Gasteiger partial charge >= 0.3 is 0 Å². The molecule has 0 aliphatic rings. The quantitative estimate of drug-likeness (QED) is 0.714. The lowest BCUT2D eigenvalue weighted by Gasteiger charge is -2.04. The second-order valence-electron chi connectivity index (χ2n) is 4.61. The highest BCUT2D eigenvalue weighted by Gasteiger charge is 2.14. The highest BCUT2D eigenvalue weighted by atomic mass is 32.2. The number of fused-ring (bicyclic) bond motifs is 1. The molecule has 2 aromatic carbocycles. The summed E-state index contributed by atoms with van der Waals surface area (Å²) < 4.78 is 1.77. The fourth-order valence-corrected chi connectivity index (χ4v) is 3.24. The van der Waals surface area contributed by atoms with Gasteiger partial charge in [-0.25, -0.2) is 0 Å². The number of hydrogen-bond donors (Lipinski definition) is 0. The topological polar surface area (TPSA) is 41.6 Å². The summed E-state index contributed by atoms with van der Waals surface area (Å²) in [5.41, 5.74) is 1.43. The standard InChI is InChI=1S/C16H13N3S/c1-11-15(10-17)16(19(2)18-11)20-14-8-7-12-5-3-4-6-13(12)9-14/h3-9H,1-2H3. The van der Waals surface area contributed by atoms with Gasteiger partial charge in [-0.1, -0.05) is 42.1 Å². The maximum absolute atomic E-state index is 9.25. The number of aromatic nitrogens is 2. The Morgan fingerprint density at radius 3 is 2.65 bits per heavy atom. The molecule has 0 spiro atoms. The molecule has 0 radical (unpaired) electrons. The van der Waals surface area contributed by atoms with Crippen LogP contribution in [-0.4, -0.2) is 9.78 Å². The van der Waals surface area contributed by atoms with E-state index >= 15 is 0 Å². The molecular formula is C16H13N3S. The van der Waals surface area contributed by atoms with E-state index in [1.807, 2.05) is 26.1 Å². The third-order valence-electron chi connectivity index (χ3n) is 3.22. The number of hydrogen-bond acceptors (Lipinski definition) is 3. The van der Waals surface area contributed by atoms with Crippen molar-refractivity contribution in [2.24, 2.45) is 7.05 Å². The van der Waals surface area contributed by atoms with Crippen molar-refractivity contribution in [3.63, 3.8) is 0 Å². The lowest BCUT2D eigenvalue weighted by Crippen LogP contribution is -1.92. The summed E-state index contributed by atoms with van der Waals surface area (Å²) in [7, 11) is 1.87. The monoisotopic (exact) mass is 279 g/mol. The van der Waals surface area contributed by atoms with Crippen molar-refractivity contribution in [2.75, 3.05) is 0 Å². The second-order valence-corrected chi connectivity index (χ2v) is 5.67. The van der Waals surface area contributed by atoms with Crippen molar-refractivity contribution in [2.45, 2.75) is 16.8 Å². The number of rotatable bonds is 2. The zero-order valence-electron chi connectivity index (χ0n) is 11.3. The summed E-state index contributed by atoms with van der Waals surface area (Å²) in [5, 5.41) is 16.9. The Morgan fingerprint density at radius 2 is 1.90 bits per heavy atom. The second kappa shape index (κ2) is 5.03. The number of nitriles is 1. The van der Waals surface area contributed by atoms with Crippen LogP contribution in [0.25, 0.3) is 10.8 Å². The zero-order chi connectivity index (χ0) is 14.1. The molecule has 3 rings (SSSR count). The Kier molecular flexibility index (Phi) is 3.21. The van der Waals surface area contributed by atoms with Gasteiger partial charge < -0.3 is 0 Å². The van der Waals surface area contributed by atoms with Crippen LogP contribution in [0.2, 0.25) is 0 Å². The largest absolute Gasteiger partial charge is 0.260 e. The van der Waals surface area contributed by atoms with Crippen LogP contribution < -0.4 is 0 Å². The summed E-state index contributed by atoms with van der Waals surface area (Å²) in [6, 6.07) is 16.8. The molecule has 1 heterocycles. The molecule has 0 aliphatic heterocycles. The molecule has 0 atom stereocenters. The first-order valence-corrected chi connectivity index (χ1v) is 7.11. The molecule has 3 aromatic rings. The molecule has 0 fully saturated rings. The third kappa shape index (κ3) is 2.17. The fraction of sp³-hybridized carbons (Fsp3) is 0.125. The molecule has 0 aliphatic carbocycles. The van der Waals surface area contributed by atoms with E-state index in [1.54, 1.807) is 16.4 Å². The Labute approximate surface area is 121 Å². The normalized spacial score (nSPS) is 10.7. The van der Waals surface area contributed by atoms with E-state index in [1.165, 1.54) is 10.8 Å². The van der Waals surface area contributed by atoms with E-state index in [2.05, 4.69) is 41.5 Å². The maximum atomic E-state index is 9.25. The van der Waals surface area contributed by atoms with Gasteiger partial charge in [0.2, 0.25) is 0 Å². The van der Waals surface area contributed by atoms with Gasteiger partial charge in [0.25, 0.3) is 0 Å². The van der Waals surface area contributed by atoms with Crippen LogP contribution in [0.15, 0.2) is 52.4 Å². The minimum atomic E-state index is 0.658. The summed E-state index contributed by atoms with van der Waals surface area (Å²) in [6.07, 6.45) is 0. The number of aryl methyl sites for hydroxylation is 2. The first-order valence-electron chi connectivity index (χ1n) is 6.29. The van der Waals surface area contributed by atoms with Crippen molar-refractivity contribution in [1.82, 2.24) is 9.78 Å². The molecular weight excluding hydrogens is 266 g/mol. The van der Waals surface area contributed by atoms with Crippen LogP contribution in [-0.2, 0) is 7.05 Å². The molecule has 0 amide bonds. The van der Waals surface area contributed by atoms with Gasteiger partial charge in [0.15, 0.2) is 0 Å². The number of nitrogens with zero attached hydrogens (tertiary/aromatic N) is 3. The lowest BCUT2D eigenvalue weighted by molar-refractivity contribution is 0.692. The summed E-state index contributed by atoms with van der Waals surface area (Å²) in [4.78, 5) is 1.11. The van der Waals surface area contributed by atoms with Crippen LogP contribution in [0, 0.1) is 18.3 Å². The molecule has 20 heavy (non-hydrogen) atoms. The van der Waals surface area contributed by atoms with Crippen molar-refractivity contribution >= 4 is 22.5 Å². The van der Waals surface area contributed by atoms with Crippen molar-refractivity contribution in [1.29, 1.82) is 5.26 Å². The molecule has 3 nitrogen and oxygen atoms in total. The van der Waals surface area contributed by atoms with E-state index in [4.69, 9.17) is 0 Å². The molecule has 0 saturated heterocycles. The van der Waals surface area contributed by atoms with Crippen molar-refractivity contribution in [3.8, 4) is 6.07 Å². The van der Waals surface area contributed by atoms with Crippen LogP contribution >= 0.6 is 11.8 Å². The SMILES string of the molecule is Cc1nn(C)c(Sc2ccc3ccccc3c2)c1C#N. The van der Waals surface area contributed by atoms with E-state index in [0.717, 1.165) is 15.6 Å². The minimum Gasteiger partial charge on any atom is -0.260 e. The van der Waals surface area contributed by atoms with E-state index in [-0.39, 0.29) is 0 Å². The van der Waals surface area contributed by atoms with Crippen LogP contribution in [0.5, 0.6) is 0 Å². The molecule has 4 heteroatoms. The van der Waals surface area contributed by atoms with Crippen molar-refractivity contribution < 1.29 is 0 Å². The number of benzene rings is 2. The van der Waals surface area contributed by atoms with Crippen LogP contribution in [0.1, 0.15) is 11.3 Å². The van der Waals surface area contributed by atoms with E-state index < -0.39 is 0 Å². The van der Waals surface area contributed by atoms with E-state index in [9.17, 15) is 5.26 Å². The Balaban J connectivity index is 2.04. The molecule has 0 N–H and O–H groups in total. The van der Waals surface area contributed by atoms with E-state index in [0.29, 0.717) is 5.56 Å². The molecule has 0 bridgehead atoms. The van der Waals surface area contributed by atoms with Gasteiger partial charge in [-0.3, -0.25) is 4.68 Å². The summed E-state index contributed by atoms with van der Waals surface area (Å²) in [6.45, 7) is 1.86. The van der Waals surface area contributed by atoms with Gasteiger partial charge in [-0.2, -0.15) is 10.4 Å². The molecule has 0 saturated carbocycles. The van der Waals surface area contributed by atoms with Crippen LogP contribution in [0.3, 0.4) is 0 Å². The highest BCUT2D eigenvalue weighted by Crippen LogP contribution is 2.32. The van der Waals surface area contributed by atoms with Crippen molar-refractivity contribution in [3.05, 3.63) is 53.7 Å². The minimum absolute atomic E-state index is 0.658. The molecule has 98 valence electrons. The first-order chi connectivity index (χ1) is 9.69. The Hall–Kier alpha value is -2.25. The van der Waals surface area contributed by atoms with Gasteiger partial charge in [0, 0.05) is 11.9 Å². The average Bonchev–Trinajstić information content (AvgIpc) is 2.72. The summed E-state index contributed by atoms with van der Waals surface area (Å²) >= 11 is 1.58. The highest BCUT2D eigenvalue weighted by molar-refractivity contribution is 7.99. The Morgan fingerprint density at radius 1 is 1.15 bits per heavy atom. The lowest BCUT2D eigenvalue weighted by atomic mass is 10.1. The predicted molar refractivity (Wildman–Crippen MR) is 80.7 cm³/mol. The zero-order valence-corrected chi connectivity index (χ0v) is 12.1. The predicted octanol–water partition coefficient (Wildman–Crippen LogP) is 3.90. The first kappa shape index (κ1) is 12.8. The van der Waals surface area contributed by atoms with Gasteiger partial charge in [-0.05, 0) is 29.8 Å². The maximum Gasteiger partial charge on any atom is 0.117 e. The summed E-state index contributed by atoms with van der Waals surface area (Å²) in [5.74, 6) is 0. The van der Waals surface area contributed by atoms with Gasteiger partial charge in [0.05, 0.1) is 5.69 Å². The third-order valence-corrected chi connectivity index (χ3v) is 4.37. The Bertz CT molecular complexity index is 827. The smallest absolute Gasteiger partial charge is 0.117 e. The van der Waals surface area contributed by atoms with Gasteiger partial charge in [-0.15, -0.1) is 0 Å². The molecule has 1 aromatic heterocycles.